The van der Waals surface area contributed by atoms with Gasteiger partial charge in [0.15, 0.2) is 0 Å². The molecule has 0 rings (SSSR count). The topological polar surface area (TPSA) is 12.4 Å². The van der Waals surface area contributed by atoms with E-state index in [2.05, 4.69) is 4.99 Å². The van der Waals surface area contributed by atoms with Crippen LogP contribution in [0, 0.1) is 0 Å². The third kappa shape index (κ3) is 4.28. The second-order valence-corrected chi connectivity index (χ2v) is 2.76. The summed E-state index contributed by atoms with van der Waals surface area (Å²) in [6.45, 7) is 6.00. The third-order valence-corrected chi connectivity index (χ3v) is 1.73. The molecule has 0 amide bonds. The first-order chi connectivity index (χ1) is 4.20. The van der Waals surface area contributed by atoms with Crippen LogP contribution in [0.3, 0.4) is 0 Å². The van der Waals surface area contributed by atoms with Crippen LogP contribution >= 0.6 is 11.8 Å². The molecule has 0 aromatic rings. The molecule has 0 unspecified atom stereocenters. The highest BCUT2D eigenvalue weighted by molar-refractivity contribution is 8.13. The molecule has 0 atom stereocenters. The Morgan fingerprint density at radius 1 is 1.44 bits per heavy atom. The Balaban J connectivity index is 3.95. The van der Waals surface area contributed by atoms with Crippen LogP contribution in [0.15, 0.2) is 16.8 Å². The lowest BCUT2D eigenvalue weighted by Gasteiger charge is -1.92. The Kier molecular flexibility index (Phi) is 4.50. The third-order valence-electron chi connectivity index (χ3n) is 1.05. The molecule has 0 saturated heterocycles. The van der Waals surface area contributed by atoms with Crippen molar-refractivity contribution in [2.45, 2.75) is 20.8 Å². The van der Waals surface area contributed by atoms with E-state index in [9.17, 15) is 0 Å². The first-order valence-corrected chi connectivity index (χ1v) is 4.15. The number of hydrogen-bond acceptors (Lipinski definition) is 2. The van der Waals surface area contributed by atoms with Crippen LogP contribution in [0.2, 0.25) is 0 Å². The largest absolute Gasteiger partial charge is 0.252 e. The summed E-state index contributed by atoms with van der Waals surface area (Å²) in [5.41, 5.74) is 1.09. The van der Waals surface area contributed by atoms with Crippen LogP contribution in [-0.2, 0) is 0 Å². The maximum Gasteiger partial charge on any atom is 0.0700 e. The lowest BCUT2D eigenvalue weighted by atomic mass is 10.5. The first kappa shape index (κ1) is 8.76. The van der Waals surface area contributed by atoms with Gasteiger partial charge in [-0.15, -0.1) is 11.8 Å². The van der Waals surface area contributed by atoms with Crippen molar-refractivity contribution in [3.8, 4) is 0 Å². The van der Waals surface area contributed by atoms with Crippen molar-refractivity contribution in [1.82, 2.24) is 0 Å². The molecule has 0 heterocycles. The molecule has 0 aromatic heterocycles. The van der Waals surface area contributed by atoms with E-state index in [4.69, 9.17) is 0 Å². The average molecular weight is 143 g/mol. The predicted molar refractivity (Wildman–Crippen MR) is 46.1 cm³/mol. The molecule has 0 aliphatic carbocycles. The van der Waals surface area contributed by atoms with E-state index in [1.165, 1.54) is 0 Å². The summed E-state index contributed by atoms with van der Waals surface area (Å²) in [5, 5.41) is 1.12. The Morgan fingerprint density at radius 2 is 2.00 bits per heavy atom. The standard InChI is InChI=1S/C7H13NS/c1-5-6(2)8-7(3)9-4/h5H,1-4H3/b6-5-,8-7+. The summed E-state index contributed by atoms with van der Waals surface area (Å²) in [7, 11) is 0. The zero-order chi connectivity index (χ0) is 7.28. The van der Waals surface area contributed by atoms with E-state index in [0.717, 1.165) is 10.7 Å². The molecule has 0 fully saturated rings. The Labute approximate surface area is 61.3 Å². The van der Waals surface area contributed by atoms with Crippen LogP contribution < -0.4 is 0 Å². The molecule has 0 bridgehead atoms. The molecule has 0 radical (unpaired) electrons. The van der Waals surface area contributed by atoms with Crippen molar-refractivity contribution in [2.75, 3.05) is 6.26 Å². The number of thioether (sulfide) groups is 1. The Bertz CT molecular complexity index is 136. The second-order valence-electron chi connectivity index (χ2n) is 1.77. The van der Waals surface area contributed by atoms with E-state index in [1.54, 1.807) is 11.8 Å². The van der Waals surface area contributed by atoms with Crippen molar-refractivity contribution in [3.63, 3.8) is 0 Å². The second kappa shape index (κ2) is 4.62. The minimum absolute atomic E-state index is 1.09. The van der Waals surface area contributed by atoms with E-state index in [0.29, 0.717) is 0 Å². The fourth-order valence-corrected chi connectivity index (χ4v) is 0.594. The van der Waals surface area contributed by atoms with Gasteiger partial charge in [-0.2, -0.15) is 0 Å². The van der Waals surface area contributed by atoms with Gasteiger partial charge in [0.1, 0.15) is 0 Å². The molecule has 0 aliphatic rings. The summed E-state index contributed by atoms with van der Waals surface area (Å²) in [6.07, 6.45) is 4.03. The SMILES string of the molecule is C/C=C(C)\N=C(/C)SC. The molecule has 0 spiro atoms. The van der Waals surface area contributed by atoms with Gasteiger partial charge >= 0.3 is 0 Å². The van der Waals surface area contributed by atoms with Crippen LogP contribution in [0.4, 0.5) is 0 Å². The molecule has 0 aliphatic heterocycles. The quantitative estimate of drug-likeness (QED) is 0.406. The monoisotopic (exact) mass is 143 g/mol. The van der Waals surface area contributed by atoms with Crippen molar-refractivity contribution >= 4 is 16.8 Å². The van der Waals surface area contributed by atoms with Crippen LogP contribution in [0.25, 0.3) is 0 Å². The lowest BCUT2D eigenvalue weighted by molar-refractivity contribution is 1.29. The summed E-state index contributed by atoms with van der Waals surface area (Å²) in [6, 6.07) is 0. The maximum absolute atomic E-state index is 4.25. The minimum atomic E-state index is 1.09. The van der Waals surface area contributed by atoms with Gasteiger partial charge in [-0.1, -0.05) is 6.08 Å². The molecule has 2 heteroatoms. The number of nitrogens with zero attached hydrogens (tertiary/aromatic N) is 1. The summed E-state index contributed by atoms with van der Waals surface area (Å²) in [4.78, 5) is 4.25. The summed E-state index contributed by atoms with van der Waals surface area (Å²) < 4.78 is 0. The molecule has 1 nitrogen and oxygen atoms in total. The van der Waals surface area contributed by atoms with Gasteiger partial charge < -0.3 is 0 Å². The van der Waals surface area contributed by atoms with Crippen molar-refractivity contribution in [1.29, 1.82) is 0 Å². The maximum atomic E-state index is 4.25. The Morgan fingerprint density at radius 3 is 2.33 bits per heavy atom. The Hall–Kier alpha value is -0.240. The molecule has 0 N–H and O–H groups in total. The van der Waals surface area contributed by atoms with Crippen LogP contribution in [0.5, 0.6) is 0 Å². The molecule has 52 valence electrons. The van der Waals surface area contributed by atoms with E-state index >= 15 is 0 Å². The first-order valence-electron chi connectivity index (χ1n) is 2.93. The molecule has 0 saturated carbocycles. The average Bonchev–Trinajstić information content (AvgIpc) is 1.87. The summed E-state index contributed by atoms with van der Waals surface area (Å²) >= 11 is 1.68. The van der Waals surface area contributed by atoms with Gasteiger partial charge in [0.25, 0.3) is 0 Å². The smallest absolute Gasteiger partial charge is 0.0700 e. The highest BCUT2D eigenvalue weighted by atomic mass is 32.2. The van der Waals surface area contributed by atoms with Crippen LogP contribution in [-0.4, -0.2) is 11.3 Å². The molecule has 0 aromatic carbocycles. The van der Waals surface area contributed by atoms with Crippen molar-refractivity contribution < 1.29 is 0 Å². The highest BCUT2D eigenvalue weighted by Gasteiger charge is 1.84. The zero-order valence-corrected chi connectivity index (χ0v) is 7.25. The van der Waals surface area contributed by atoms with Crippen LogP contribution in [0.1, 0.15) is 20.8 Å². The normalized spacial score (nSPS) is 14.2. The van der Waals surface area contributed by atoms with E-state index < -0.39 is 0 Å². The van der Waals surface area contributed by atoms with Gasteiger partial charge in [-0.3, -0.25) is 4.99 Å². The fraction of sp³-hybridized carbons (Fsp3) is 0.571. The van der Waals surface area contributed by atoms with Gasteiger partial charge in [-0.05, 0) is 27.0 Å². The van der Waals surface area contributed by atoms with Gasteiger partial charge in [0.05, 0.1) is 5.04 Å². The van der Waals surface area contributed by atoms with Gasteiger partial charge in [-0.25, -0.2) is 0 Å². The zero-order valence-electron chi connectivity index (χ0n) is 6.43. The van der Waals surface area contributed by atoms with Crippen molar-refractivity contribution in [2.24, 2.45) is 4.99 Å². The number of hydrogen-bond donors (Lipinski definition) is 0. The fourth-order valence-electron chi connectivity index (χ4n) is 0.359. The molecular weight excluding hydrogens is 130 g/mol. The predicted octanol–water partition coefficient (Wildman–Crippen LogP) is 2.69. The van der Waals surface area contributed by atoms with Crippen molar-refractivity contribution in [3.05, 3.63) is 11.8 Å². The van der Waals surface area contributed by atoms with E-state index in [-0.39, 0.29) is 0 Å². The highest BCUT2D eigenvalue weighted by Crippen LogP contribution is 2.02. The summed E-state index contributed by atoms with van der Waals surface area (Å²) in [5.74, 6) is 0. The number of allylic oxidation sites excluding steroid dienone is 2. The van der Waals surface area contributed by atoms with Gasteiger partial charge in [0, 0.05) is 5.70 Å². The number of rotatable bonds is 1. The van der Waals surface area contributed by atoms with Gasteiger partial charge in [0.2, 0.25) is 0 Å². The molecule has 9 heavy (non-hydrogen) atoms. The minimum Gasteiger partial charge on any atom is -0.252 e. The van der Waals surface area contributed by atoms with E-state index in [1.807, 2.05) is 33.1 Å². The molecular formula is C7H13NS. The number of aliphatic imine (C=N–C) groups is 1. The lowest BCUT2D eigenvalue weighted by Crippen LogP contribution is -1.80.